The number of hydrogen-bond acceptors (Lipinski definition) is 16. The molecule has 17 nitrogen and oxygen atoms in total. The molecule has 0 aromatic carbocycles. The van der Waals surface area contributed by atoms with E-state index in [2.05, 4.69) is 5.32 Å². The first-order chi connectivity index (χ1) is 20.0. The summed E-state index contributed by atoms with van der Waals surface area (Å²) in [6, 6.07) is -2.54. The highest BCUT2D eigenvalue weighted by molar-refractivity contribution is 5.75. The summed E-state index contributed by atoms with van der Waals surface area (Å²) >= 11 is 0. The fraction of sp³-hybridized carbons (Fsp3) is 0.960. The Morgan fingerprint density at radius 2 is 1.67 bits per heavy atom. The second-order valence-electron chi connectivity index (χ2n) is 11.3. The Balaban J connectivity index is 1.77. The zero-order valence-electron chi connectivity index (χ0n) is 23.8. The van der Waals surface area contributed by atoms with Crippen molar-refractivity contribution in [2.45, 2.75) is 106 Å². The van der Waals surface area contributed by atoms with Crippen molar-refractivity contribution in [3.05, 3.63) is 0 Å². The van der Waals surface area contributed by atoms with Gasteiger partial charge in [-0.25, -0.2) is 5.06 Å². The first-order valence-electron chi connectivity index (χ1n) is 14.6. The number of aliphatic hydroxyl groups is 5. The fourth-order valence-corrected chi connectivity index (χ4v) is 5.65. The predicted octanol–water partition coefficient (Wildman–Crippen LogP) is -5.40. The van der Waals surface area contributed by atoms with Crippen LogP contribution in [0.15, 0.2) is 0 Å². The summed E-state index contributed by atoms with van der Waals surface area (Å²) in [6.07, 6.45) is -8.79. The molecular formula is C25H50N6O11. The van der Waals surface area contributed by atoms with Gasteiger partial charge in [-0.1, -0.05) is 0 Å². The number of nitrogens with one attached hydrogen (secondary N) is 1. The number of rotatable bonds is 14. The number of nitrogens with zero attached hydrogens (tertiary/aromatic N) is 1. The molecule has 17 heteroatoms. The van der Waals surface area contributed by atoms with Gasteiger partial charge in [-0.05, 0) is 38.1 Å². The number of nitrogens with two attached hydrogens (primary N) is 4. The number of carbonyl (C=O) groups excluding carboxylic acids is 1. The third kappa shape index (κ3) is 8.96. The highest BCUT2D eigenvalue weighted by Crippen LogP contribution is 2.36. The van der Waals surface area contributed by atoms with E-state index in [9.17, 15) is 30.4 Å². The average molecular weight is 611 g/mol. The smallest absolute Gasteiger partial charge is 0.246 e. The number of carbonyl (C=O) groups is 1. The Kier molecular flexibility index (Phi) is 14.1. The number of hydrogen-bond donors (Lipinski definition) is 11. The van der Waals surface area contributed by atoms with Gasteiger partial charge >= 0.3 is 0 Å². The molecule has 2 saturated heterocycles. The van der Waals surface area contributed by atoms with Crippen molar-refractivity contribution in [1.29, 1.82) is 0 Å². The lowest BCUT2D eigenvalue weighted by molar-refractivity contribution is -0.318. The number of ether oxygens (including phenoxy) is 4. The molecule has 1 aliphatic carbocycles. The molecule has 0 aromatic heterocycles. The summed E-state index contributed by atoms with van der Waals surface area (Å²) in [5, 5.41) is 64.7. The van der Waals surface area contributed by atoms with Gasteiger partial charge in [0.1, 0.15) is 30.5 Å². The SMILES string of the molecule is NCCN(O)C(=O)C[C@@H]1C[C@H](N)C(O[C@H]2O[C@H](CNCCCO)CC[C@H]2N)[C@H](O)[C@H]1O[C@H]1O[C@H](CO)[C@@H](O)[C@H](N)[C@H]1O. The summed E-state index contributed by atoms with van der Waals surface area (Å²) in [5.41, 5.74) is 24.1. The Bertz CT molecular complexity index is 819. The normalized spacial score (nSPS) is 41.0. The van der Waals surface area contributed by atoms with Crippen LogP contribution in [0.3, 0.4) is 0 Å². The highest BCUT2D eigenvalue weighted by atomic mass is 16.7. The van der Waals surface area contributed by atoms with E-state index in [0.717, 1.165) is 0 Å². The molecule has 2 aliphatic heterocycles. The van der Waals surface area contributed by atoms with E-state index in [-0.39, 0.29) is 38.6 Å². The quantitative estimate of drug-likeness (QED) is 0.0497. The van der Waals surface area contributed by atoms with Gasteiger partial charge in [-0.3, -0.25) is 10.0 Å². The second kappa shape index (κ2) is 16.8. The van der Waals surface area contributed by atoms with Gasteiger partial charge in [0.15, 0.2) is 12.6 Å². The maximum atomic E-state index is 12.7. The molecule has 13 atom stereocenters. The summed E-state index contributed by atoms with van der Waals surface area (Å²) in [6.45, 7) is 0.496. The van der Waals surface area contributed by atoms with Gasteiger partial charge < -0.3 is 72.7 Å². The molecule has 0 bridgehead atoms. The maximum Gasteiger partial charge on any atom is 0.246 e. The first kappa shape index (κ1) is 35.4. The molecule has 1 saturated carbocycles. The lowest BCUT2D eigenvalue weighted by Gasteiger charge is -2.48. The van der Waals surface area contributed by atoms with Crippen LogP contribution in [0.1, 0.15) is 32.1 Å². The van der Waals surface area contributed by atoms with Gasteiger partial charge in [-0.15, -0.1) is 0 Å². The first-order valence-corrected chi connectivity index (χ1v) is 14.6. The molecule has 3 rings (SSSR count). The van der Waals surface area contributed by atoms with Crippen molar-refractivity contribution < 1.29 is 54.5 Å². The van der Waals surface area contributed by atoms with Crippen molar-refractivity contribution in [1.82, 2.24) is 10.4 Å². The molecule has 15 N–H and O–H groups in total. The van der Waals surface area contributed by atoms with Crippen LogP contribution < -0.4 is 28.3 Å². The second-order valence-corrected chi connectivity index (χ2v) is 11.3. The van der Waals surface area contributed by atoms with Crippen LogP contribution in [-0.4, -0.2) is 155 Å². The van der Waals surface area contributed by atoms with Crippen molar-refractivity contribution in [3.8, 4) is 0 Å². The summed E-state index contributed by atoms with van der Waals surface area (Å²) in [5.74, 6) is -1.46. The molecular weight excluding hydrogens is 560 g/mol. The molecule has 1 unspecified atom stereocenters. The van der Waals surface area contributed by atoms with E-state index in [1.165, 1.54) is 0 Å². The van der Waals surface area contributed by atoms with Crippen LogP contribution in [0.5, 0.6) is 0 Å². The number of amides is 1. The zero-order valence-corrected chi connectivity index (χ0v) is 23.8. The third-order valence-corrected chi connectivity index (χ3v) is 8.10. The lowest BCUT2D eigenvalue weighted by Crippen LogP contribution is -2.66. The fourth-order valence-electron chi connectivity index (χ4n) is 5.65. The molecule has 1 amide bonds. The monoisotopic (exact) mass is 610 g/mol. The Morgan fingerprint density at radius 1 is 0.952 bits per heavy atom. The molecule has 42 heavy (non-hydrogen) atoms. The predicted molar refractivity (Wildman–Crippen MR) is 145 cm³/mol. The van der Waals surface area contributed by atoms with Crippen LogP contribution in [0.25, 0.3) is 0 Å². The van der Waals surface area contributed by atoms with Crippen LogP contribution >= 0.6 is 0 Å². The standard InChI is InChI=1S/C25H50N6O11/c26-4-6-31(38)17(34)9-12-8-15(28)23(42-24-14(27)3-2-13(39-24)10-30-5-1-7-32)21(37)22(12)41-25-20(36)18(29)19(35)16(11-33)40-25/h12-16,18-25,30,32-33,35-38H,1-11,26-29H2/t12-,13-,14+,15-,16+,18-,19+,20+,21+,22-,23?,24+,25+/m0/s1. The van der Waals surface area contributed by atoms with E-state index >= 15 is 0 Å². The minimum atomic E-state index is -1.54. The lowest BCUT2D eigenvalue weighted by atomic mass is 9.77. The Hall–Kier alpha value is -1.13. The van der Waals surface area contributed by atoms with Gasteiger partial charge in [-0.2, -0.15) is 0 Å². The van der Waals surface area contributed by atoms with Gasteiger partial charge in [0.2, 0.25) is 5.91 Å². The largest absolute Gasteiger partial charge is 0.396 e. The molecule has 3 aliphatic rings. The molecule has 246 valence electrons. The molecule has 0 spiro atoms. The van der Waals surface area contributed by atoms with E-state index in [1.807, 2.05) is 0 Å². The van der Waals surface area contributed by atoms with E-state index < -0.39 is 85.8 Å². The zero-order chi connectivity index (χ0) is 31.0. The van der Waals surface area contributed by atoms with Crippen LogP contribution in [-0.2, 0) is 23.7 Å². The average Bonchev–Trinajstić information content (AvgIpc) is 2.96. The minimum absolute atomic E-state index is 0.0232. The van der Waals surface area contributed by atoms with Gasteiger partial charge in [0, 0.05) is 32.2 Å². The topological polar surface area (TPSA) is 295 Å². The summed E-state index contributed by atoms with van der Waals surface area (Å²) < 4.78 is 23.8. The third-order valence-electron chi connectivity index (χ3n) is 8.10. The van der Waals surface area contributed by atoms with Crippen molar-refractivity contribution >= 4 is 5.91 Å². The molecule has 3 fully saturated rings. The van der Waals surface area contributed by atoms with E-state index in [0.29, 0.717) is 37.4 Å². The Labute approximate surface area is 244 Å². The minimum Gasteiger partial charge on any atom is -0.396 e. The van der Waals surface area contributed by atoms with Crippen molar-refractivity contribution in [2.75, 3.05) is 39.4 Å². The van der Waals surface area contributed by atoms with Crippen molar-refractivity contribution in [2.24, 2.45) is 28.9 Å². The molecule has 2 heterocycles. The van der Waals surface area contributed by atoms with E-state index in [4.69, 9.17) is 47.0 Å². The van der Waals surface area contributed by atoms with Crippen LogP contribution in [0.4, 0.5) is 0 Å². The maximum absolute atomic E-state index is 12.7. The van der Waals surface area contributed by atoms with E-state index in [1.54, 1.807) is 0 Å². The summed E-state index contributed by atoms with van der Waals surface area (Å²) in [4.78, 5) is 12.7. The van der Waals surface area contributed by atoms with Gasteiger partial charge in [0.25, 0.3) is 0 Å². The summed E-state index contributed by atoms with van der Waals surface area (Å²) in [7, 11) is 0. The molecule has 0 aromatic rings. The van der Waals surface area contributed by atoms with Crippen molar-refractivity contribution in [3.63, 3.8) is 0 Å². The molecule has 0 radical (unpaired) electrons. The Morgan fingerprint density at radius 3 is 2.33 bits per heavy atom. The van der Waals surface area contributed by atoms with Gasteiger partial charge in [0.05, 0.1) is 37.4 Å². The van der Waals surface area contributed by atoms with Crippen LogP contribution in [0.2, 0.25) is 0 Å². The highest BCUT2D eigenvalue weighted by Gasteiger charge is 2.51. The van der Waals surface area contributed by atoms with Crippen LogP contribution in [0, 0.1) is 5.92 Å². The number of aliphatic hydroxyl groups excluding tert-OH is 5. The number of hydroxylamine groups is 2.